The van der Waals surface area contributed by atoms with Gasteiger partial charge in [-0.15, -0.1) is 0 Å². The lowest BCUT2D eigenvalue weighted by Crippen LogP contribution is -2.09. The van der Waals surface area contributed by atoms with Crippen molar-refractivity contribution in [1.82, 2.24) is 25.1 Å². The van der Waals surface area contributed by atoms with E-state index < -0.39 is 0 Å². The van der Waals surface area contributed by atoms with Crippen LogP contribution in [0, 0.1) is 20.8 Å². The van der Waals surface area contributed by atoms with E-state index in [4.69, 9.17) is 9.26 Å². The molecular formula is C17H19N5O2. The monoisotopic (exact) mass is 325 g/mol. The minimum atomic E-state index is -0.0133. The Morgan fingerprint density at radius 1 is 0.875 bits per heavy atom. The van der Waals surface area contributed by atoms with E-state index in [1.54, 1.807) is 6.07 Å². The summed E-state index contributed by atoms with van der Waals surface area (Å²) in [5.41, 5.74) is 3.98. The predicted octanol–water partition coefficient (Wildman–Crippen LogP) is 3.30. The van der Waals surface area contributed by atoms with Gasteiger partial charge in [0.25, 0.3) is 5.89 Å². The highest BCUT2D eigenvalue weighted by atomic mass is 16.5. The number of hydrogen-bond donors (Lipinski definition) is 0. The van der Waals surface area contributed by atoms with Crippen molar-refractivity contribution in [3.05, 3.63) is 35.3 Å². The number of aromatic nitrogens is 5. The Hall–Kier alpha value is -2.83. The molecule has 0 saturated carbocycles. The smallest absolute Gasteiger partial charge is 0.317 e. The topological polar surface area (TPSA) is 86.8 Å². The van der Waals surface area contributed by atoms with E-state index in [-0.39, 0.29) is 6.10 Å². The van der Waals surface area contributed by atoms with Crippen molar-refractivity contribution in [2.24, 2.45) is 0 Å². The second-order valence-electron chi connectivity index (χ2n) is 5.91. The van der Waals surface area contributed by atoms with Gasteiger partial charge in [-0.05, 0) is 52.8 Å². The second kappa shape index (κ2) is 6.35. The zero-order valence-electron chi connectivity index (χ0n) is 14.4. The van der Waals surface area contributed by atoms with Gasteiger partial charge >= 0.3 is 6.01 Å². The first-order valence-corrected chi connectivity index (χ1v) is 7.73. The molecule has 3 rings (SSSR count). The average molecular weight is 325 g/mol. The van der Waals surface area contributed by atoms with E-state index >= 15 is 0 Å². The van der Waals surface area contributed by atoms with Crippen molar-refractivity contribution in [3.8, 4) is 29.0 Å². The molecule has 0 fully saturated rings. The molecule has 3 aromatic rings. The lowest BCUT2D eigenvalue weighted by molar-refractivity contribution is 0.221. The molecule has 0 aromatic carbocycles. The van der Waals surface area contributed by atoms with E-state index in [1.165, 1.54) is 0 Å². The summed E-state index contributed by atoms with van der Waals surface area (Å²) in [6, 6.07) is 5.92. The zero-order valence-corrected chi connectivity index (χ0v) is 14.4. The van der Waals surface area contributed by atoms with Crippen LogP contribution in [0.15, 0.2) is 22.7 Å². The average Bonchev–Trinajstić information content (AvgIpc) is 2.94. The molecule has 0 radical (unpaired) electrons. The molecule has 3 aromatic heterocycles. The number of ether oxygens (including phenoxy) is 1. The molecule has 124 valence electrons. The van der Waals surface area contributed by atoms with Crippen LogP contribution >= 0.6 is 0 Å². The summed E-state index contributed by atoms with van der Waals surface area (Å²) in [6.45, 7) is 9.57. The molecule has 24 heavy (non-hydrogen) atoms. The van der Waals surface area contributed by atoms with Gasteiger partial charge in [-0.25, -0.2) is 4.98 Å². The summed E-state index contributed by atoms with van der Waals surface area (Å²) in [7, 11) is 0. The Balaban J connectivity index is 1.97. The Labute approximate surface area is 140 Å². The fraction of sp³-hybridized carbons (Fsp3) is 0.353. The van der Waals surface area contributed by atoms with Crippen molar-refractivity contribution in [3.63, 3.8) is 0 Å². The van der Waals surface area contributed by atoms with Crippen LogP contribution in [0.3, 0.4) is 0 Å². The molecule has 0 amide bonds. The van der Waals surface area contributed by atoms with Gasteiger partial charge < -0.3 is 9.26 Å². The maximum atomic E-state index is 5.56. The molecule has 0 atom stereocenters. The normalized spacial score (nSPS) is 11.1. The fourth-order valence-corrected chi connectivity index (χ4v) is 2.32. The lowest BCUT2D eigenvalue weighted by atomic mass is 10.2. The van der Waals surface area contributed by atoms with Crippen LogP contribution in [0.1, 0.15) is 30.9 Å². The first-order chi connectivity index (χ1) is 11.4. The SMILES string of the molecule is Cc1cc(-c2noc(-c3cc(C)nc(OC(C)C)n3)n2)cc(C)n1. The van der Waals surface area contributed by atoms with Gasteiger partial charge in [0.05, 0.1) is 6.10 Å². The Morgan fingerprint density at radius 3 is 2.21 bits per heavy atom. The maximum absolute atomic E-state index is 5.56. The highest BCUT2D eigenvalue weighted by Gasteiger charge is 2.15. The van der Waals surface area contributed by atoms with Gasteiger partial charge in [0, 0.05) is 22.6 Å². The molecule has 0 spiro atoms. The van der Waals surface area contributed by atoms with Crippen LogP contribution in [-0.2, 0) is 0 Å². The Kier molecular flexibility index (Phi) is 4.24. The molecule has 0 N–H and O–H groups in total. The van der Waals surface area contributed by atoms with Crippen LogP contribution < -0.4 is 4.74 Å². The fourth-order valence-electron chi connectivity index (χ4n) is 2.32. The number of pyridine rings is 1. The van der Waals surface area contributed by atoms with Crippen molar-refractivity contribution in [1.29, 1.82) is 0 Å². The van der Waals surface area contributed by atoms with Crippen LogP contribution in [-0.4, -0.2) is 31.2 Å². The van der Waals surface area contributed by atoms with Crippen LogP contribution in [0.2, 0.25) is 0 Å². The van der Waals surface area contributed by atoms with Gasteiger partial charge in [-0.2, -0.15) is 9.97 Å². The predicted molar refractivity (Wildman–Crippen MR) is 88.5 cm³/mol. The molecular weight excluding hydrogens is 306 g/mol. The molecule has 7 heteroatoms. The van der Waals surface area contributed by atoms with Gasteiger partial charge in [0.1, 0.15) is 5.69 Å². The zero-order chi connectivity index (χ0) is 17.3. The number of hydrogen-bond acceptors (Lipinski definition) is 7. The first kappa shape index (κ1) is 16.0. The molecule has 0 aliphatic heterocycles. The third kappa shape index (κ3) is 3.56. The van der Waals surface area contributed by atoms with Gasteiger partial charge in [0.15, 0.2) is 0 Å². The van der Waals surface area contributed by atoms with E-state index in [0.717, 1.165) is 22.6 Å². The molecule has 0 unspecified atom stereocenters. The van der Waals surface area contributed by atoms with Crippen molar-refractivity contribution in [2.45, 2.75) is 40.7 Å². The third-order valence-electron chi connectivity index (χ3n) is 3.16. The number of rotatable bonds is 4. The summed E-state index contributed by atoms with van der Waals surface area (Å²) in [5, 5.41) is 4.05. The summed E-state index contributed by atoms with van der Waals surface area (Å²) < 4.78 is 10.9. The third-order valence-corrected chi connectivity index (χ3v) is 3.16. The van der Waals surface area contributed by atoms with E-state index in [9.17, 15) is 0 Å². The molecule has 7 nitrogen and oxygen atoms in total. The van der Waals surface area contributed by atoms with Crippen molar-refractivity contribution >= 4 is 0 Å². The van der Waals surface area contributed by atoms with E-state index in [1.807, 2.05) is 46.8 Å². The van der Waals surface area contributed by atoms with Crippen molar-refractivity contribution < 1.29 is 9.26 Å². The molecule has 0 aliphatic carbocycles. The van der Waals surface area contributed by atoms with Crippen LogP contribution in [0.25, 0.3) is 23.0 Å². The highest BCUT2D eigenvalue weighted by molar-refractivity contribution is 5.58. The van der Waals surface area contributed by atoms with Gasteiger partial charge in [0.2, 0.25) is 5.82 Å². The summed E-state index contributed by atoms with van der Waals surface area (Å²) in [5.74, 6) is 0.831. The maximum Gasteiger partial charge on any atom is 0.317 e. The molecule has 0 bridgehead atoms. The summed E-state index contributed by atoms with van der Waals surface area (Å²) >= 11 is 0. The van der Waals surface area contributed by atoms with Crippen LogP contribution in [0.5, 0.6) is 6.01 Å². The molecule has 0 aliphatic rings. The van der Waals surface area contributed by atoms with Gasteiger partial charge in [-0.1, -0.05) is 5.16 Å². The highest BCUT2D eigenvalue weighted by Crippen LogP contribution is 2.23. The quantitative estimate of drug-likeness (QED) is 0.727. The number of aryl methyl sites for hydroxylation is 3. The first-order valence-electron chi connectivity index (χ1n) is 7.73. The summed E-state index contributed by atoms with van der Waals surface area (Å²) in [4.78, 5) is 17.4. The molecule has 3 heterocycles. The van der Waals surface area contributed by atoms with Crippen LogP contribution in [0.4, 0.5) is 0 Å². The minimum absolute atomic E-state index is 0.0133. The van der Waals surface area contributed by atoms with E-state index in [2.05, 4.69) is 25.1 Å². The minimum Gasteiger partial charge on any atom is -0.461 e. The van der Waals surface area contributed by atoms with E-state index in [0.29, 0.717) is 23.4 Å². The second-order valence-corrected chi connectivity index (χ2v) is 5.91. The van der Waals surface area contributed by atoms with Crippen molar-refractivity contribution in [2.75, 3.05) is 0 Å². The summed E-state index contributed by atoms with van der Waals surface area (Å²) in [6.07, 6.45) is -0.0133. The lowest BCUT2D eigenvalue weighted by Gasteiger charge is -2.08. The number of nitrogens with zero attached hydrogens (tertiary/aromatic N) is 5. The Morgan fingerprint density at radius 2 is 1.54 bits per heavy atom. The standard InChI is InChI=1S/C17H19N5O2/c1-9(2)23-17-19-12(5)8-14(20-17)16-21-15(22-24-16)13-6-10(3)18-11(4)7-13/h6-9H,1-5H3. The Bertz CT molecular complexity index is 853. The van der Waals surface area contributed by atoms with Gasteiger partial charge in [-0.3, -0.25) is 4.98 Å². The largest absolute Gasteiger partial charge is 0.461 e. The molecule has 0 saturated heterocycles.